The molecule has 2 aliphatic heterocycles. The average Bonchev–Trinajstić information content (AvgIpc) is 3.07. The van der Waals surface area contributed by atoms with E-state index in [2.05, 4.69) is 0 Å². The quantitative estimate of drug-likeness (QED) is 0.808. The highest BCUT2D eigenvalue weighted by molar-refractivity contribution is 5.97. The number of ketones is 1. The van der Waals surface area contributed by atoms with Gasteiger partial charge >= 0.3 is 0 Å². The van der Waals surface area contributed by atoms with Crippen molar-refractivity contribution in [1.29, 1.82) is 0 Å². The number of hydrogen-bond donors (Lipinski definition) is 0. The van der Waals surface area contributed by atoms with E-state index in [0.717, 1.165) is 0 Å². The number of ether oxygens (including phenoxy) is 5. The van der Waals surface area contributed by atoms with E-state index in [1.165, 1.54) is 0 Å². The summed E-state index contributed by atoms with van der Waals surface area (Å²) in [7, 11) is 0. The van der Waals surface area contributed by atoms with Crippen LogP contribution < -0.4 is 23.7 Å². The summed E-state index contributed by atoms with van der Waals surface area (Å²) in [5.74, 6) is 2.96. The fraction of sp³-hybridized carbons (Fsp3) is 0.235. The maximum absolute atomic E-state index is 12.3. The van der Waals surface area contributed by atoms with Crippen molar-refractivity contribution in [3.63, 3.8) is 0 Å². The Morgan fingerprint density at radius 3 is 2.48 bits per heavy atom. The summed E-state index contributed by atoms with van der Waals surface area (Å²) in [6.07, 6.45) is 0. The van der Waals surface area contributed by atoms with Gasteiger partial charge in [0.2, 0.25) is 6.79 Å². The molecule has 0 amide bonds. The van der Waals surface area contributed by atoms with Crippen LogP contribution in [0.15, 0.2) is 36.4 Å². The Hall–Kier alpha value is -2.89. The zero-order valence-electron chi connectivity index (χ0n) is 12.2. The molecule has 0 N–H and O–H groups in total. The highest BCUT2D eigenvalue weighted by Crippen LogP contribution is 2.35. The van der Waals surface area contributed by atoms with Gasteiger partial charge in [0.1, 0.15) is 19.0 Å². The highest BCUT2D eigenvalue weighted by atomic mass is 16.7. The lowest BCUT2D eigenvalue weighted by molar-refractivity contribution is 0.0920. The van der Waals surface area contributed by atoms with Crippen LogP contribution in [0.1, 0.15) is 10.4 Å². The molecule has 2 aromatic carbocycles. The van der Waals surface area contributed by atoms with Crippen LogP contribution in [0.2, 0.25) is 0 Å². The molecular weight excluding hydrogens is 300 g/mol. The third-order valence-electron chi connectivity index (χ3n) is 3.58. The van der Waals surface area contributed by atoms with Gasteiger partial charge in [0, 0.05) is 11.6 Å². The molecular formula is C17H14O6. The second-order valence-electron chi connectivity index (χ2n) is 5.09. The van der Waals surface area contributed by atoms with Crippen LogP contribution in [0.3, 0.4) is 0 Å². The Balaban J connectivity index is 1.44. The third kappa shape index (κ3) is 2.75. The molecule has 2 aliphatic rings. The van der Waals surface area contributed by atoms with Crippen molar-refractivity contribution in [2.24, 2.45) is 0 Å². The molecule has 4 rings (SSSR count). The molecule has 23 heavy (non-hydrogen) atoms. The predicted octanol–water partition coefficient (Wildman–Crippen LogP) is 2.45. The van der Waals surface area contributed by atoms with Gasteiger partial charge in [-0.05, 0) is 30.3 Å². The fourth-order valence-electron chi connectivity index (χ4n) is 2.42. The second kappa shape index (κ2) is 5.72. The fourth-order valence-corrected chi connectivity index (χ4v) is 2.42. The Kier molecular flexibility index (Phi) is 3.42. The molecule has 6 heteroatoms. The lowest BCUT2D eigenvalue weighted by Crippen LogP contribution is -2.17. The molecule has 0 unspecified atom stereocenters. The second-order valence-corrected chi connectivity index (χ2v) is 5.09. The van der Waals surface area contributed by atoms with Gasteiger partial charge in [-0.15, -0.1) is 0 Å². The molecule has 0 fully saturated rings. The van der Waals surface area contributed by atoms with Gasteiger partial charge in [-0.1, -0.05) is 0 Å². The van der Waals surface area contributed by atoms with Crippen LogP contribution in [0.5, 0.6) is 28.7 Å². The minimum Gasteiger partial charge on any atom is -0.486 e. The van der Waals surface area contributed by atoms with E-state index in [9.17, 15) is 4.79 Å². The van der Waals surface area contributed by atoms with Crippen molar-refractivity contribution >= 4 is 5.78 Å². The molecule has 0 spiro atoms. The summed E-state index contributed by atoms with van der Waals surface area (Å²) in [6, 6.07) is 10.3. The zero-order valence-corrected chi connectivity index (χ0v) is 12.2. The molecule has 6 nitrogen and oxygen atoms in total. The standard InChI is InChI=1S/C17H14O6/c18-13(11-1-3-14-16(7-11)20-6-5-19-14)9-21-12-2-4-15-17(8-12)23-10-22-15/h1-4,7-8H,5-6,9-10H2. The van der Waals surface area contributed by atoms with Crippen molar-refractivity contribution in [2.45, 2.75) is 0 Å². The predicted molar refractivity (Wildman–Crippen MR) is 79.8 cm³/mol. The summed E-state index contributed by atoms with van der Waals surface area (Å²) in [5, 5.41) is 0. The van der Waals surface area contributed by atoms with Gasteiger partial charge in [0.25, 0.3) is 0 Å². The molecule has 0 saturated carbocycles. The van der Waals surface area contributed by atoms with Crippen LogP contribution in [0.4, 0.5) is 0 Å². The lowest BCUT2D eigenvalue weighted by atomic mass is 10.1. The first-order valence-corrected chi connectivity index (χ1v) is 7.25. The smallest absolute Gasteiger partial charge is 0.231 e. The Morgan fingerprint density at radius 1 is 0.870 bits per heavy atom. The Morgan fingerprint density at radius 2 is 1.57 bits per heavy atom. The minimum absolute atomic E-state index is 0.0702. The Bertz CT molecular complexity index is 755. The first-order valence-electron chi connectivity index (χ1n) is 7.25. The summed E-state index contributed by atoms with van der Waals surface area (Å²) < 4.78 is 27.0. The third-order valence-corrected chi connectivity index (χ3v) is 3.58. The molecule has 0 radical (unpaired) electrons. The van der Waals surface area contributed by atoms with Gasteiger partial charge in [0.15, 0.2) is 35.4 Å². The molecule has 2 heterocycles. The van der Waals surface area contributed by atoms with Crippen LogP contribution >= 0.6 is 0 Å². The summed E-state index contributed by atoms with van der Waals surface area (Å²) in [6.45, 7) is 1.14. The van der Waals surface area contributed by atoms with E-state index in [4.69, 9.17) is 23.7 Å². The number of Topliss-reactive ketones (excluding diaryl/α,β-unsaturated/α-hetero) is 1. The molecule has 118 valence electrons. The monoisotopic (exact) mass is 314 g/mol. The van der Waals surface area contributed by atoms with Gasteiger partial charge in [0.05, 0.1) is 0 Å². The number of fused-ring (bicyclic) bond motifs is 2. The number of carbonyl (C=O) groups is 1. The number of carbonyl (C=O) groups excluding carboxylic acids is 1. The van der Waals surface area contributed by atoms with E-state index in [-0.39, 0.29) is 19.2 Å². The summed E-state index contributed by atoms with van der Waals surface area (Å²) >= 11 is 0. The van der Waals surface area contributed by atoms with Gasteiger partial charge in [-0.3, -0.25) is 4.79 Å². The van der Waals surface area contributed by atoms with E-state index >= 15 is 0 Å². The highest BCUT2D eigenvalue weighted by Gasteiger charge is 2.17. The normalized spacial score (nSPS) is 14.4. The van der Waals surface area contributed by atoms with Crippen molar-refractivity contribution in [1.82, 2.24) is 0 Å². The van der Waals surface area contributed by atoms with Crippen LogP contribution in [-0.2, 0) is 0 Å². The molecule has 0 bridgehead atoms. The number of hydrogen-bond acceptors (Lipinski definition) is 6. The van der Waals surface area contributed by atoms with Crippen LogP contribution in [-0.4, -0.2) is 32.4 Å². The van der Waals surface area contributed by atoms with Gasteiger partial charge < -0.3 is 23.7 Å². The number of rotatable bonds is 4. The molecule has 2 aromatic rings. The number of benzene rings is 2. The van der Waals surface area contributed by atoms with E-state index in [1.54, 1.807) is 36.4 Å². The van der Waals surface area contributed by atoms with Gasteiger partial charge in [-0.2, -0.15) is 0 Å². The van der Waals surface area contributed by atoms with Crippen LogP contribution in [0, 0.1) is 0 Å². The first-order chi connectivity index (χ1) is 11.3. The maximum atomic E-state index is 12.3. The molecule has 0 aliphatic carbocycles. The first kappa shape index (κ1) is 13.8. The van der Waals surface area contributed by atoms with Crippen molar-refractivity contribution in [3.05, 3.63) is 42.0 Å². The van der Waals surface area contributed by atoms with Gasteiger partial charge in [-0.25, -0.2) is 0 Å². The Labute approximate surface area is 132 Å². The zero-order chi connectivity index (χ0) is 15.6. The van der Waals surface area contributed by atoms with Crippen LogP contribution in [0.25, 0.3) is 0 Å². The van der Waals surface area contributed by atoms with E-state index in [0.29, 0.717) is 47.5 Å². The van der Waals surface area contributed by atoms with Crippen molar-refractivity contribution in [3.8, 4) is 28.7 Å². The maximum Gasteiger partial charge on any atom is 0.231 e. The largest absolute Gasteiger partial charge is 0.486 e. The molecule has 0 atom stereocenters. The molecule has 0 saturated heterocycles. The van der Waals surface area contributed by atoms with E-state index in [1.807, 2.05) is 0 Å². The summed E-state index contributed by atoms with van der Waals surface area (Å²) in [4.78, 5) is 12.3. The summed E-state index contributed by atoms with van der Waals surface area (Å²) in [5.41, 5.74) is 0.523. The van der Waals surface area contributed by atoms with E-state index < -0.39 is 0 Å². The topological polar surface area (TPSA) is 63.2 Å². The van der Waals surface area contributed by atoms with Crippen molar-refractivity contribution in [2.75, 3.05) is 26.6 Å². The minimum atomic E-state index is -0.139. The van der Waals surface area contributed by atoms with Crippen molar-refractivity contribution < 1.29 is 28.5 Å². The SMILES string of the molecule is O=C(COc1ccc2c(c1)OCO2)c1ccc2c(c1)OCCO2. The lowest BCUT2D eigenvalue weighted by Gasteiger charge is -2.18. The molecule has 0 aromatic heterocycles. The average molecular weight is 314 g/mol.